The first-order valence-electron chi connectivity index (χ1n) is 34.0. The van der Waals surface area contributed by atoms with Crippen LogP contribution in [0.25, 0.3) is 0 Å². The zero-order chi connectivity index (χ0) is 59.9. The Kier molecular flexibility index (Phi) is 65.4. The molecule has 0 saturated carbocycles. The third-order valence-corrected chi connectivity index (χ3v) is 14.0. The molecule has 1 atom stereocenters. The summed E-state index contributed by atoms with van der Waals surface area (Å²) in [6.45, 7) is 6.37. The molecule has 0 heterocycles. The van der Waals surface area contributed by atoms with Crippen molar-refractivity contribution in [1.29, 1.82) is 0 Å². The summed E-state index contributed by atoms with van der Waals surface area (Å²) >= 11 is 0. The molecule has 0 radical (unpaired) electrons. The van der Waals surface area contributed by atoms with E-state index in [2.05, 4.69) is 179 Å². The number of hydrogen-bond acceptors (Lipinski definition) is 6. The first-order valence-corrected chi connectivity index (χ1v) is 34.0. The van der Waals surface area contributed by atoms with Gasteiger partial charge in [-0.25, -0.2) is 0 Å². The number of rotatable bonds is 60. The molecule has 6 heteroatoms. The molecule has 0 bridgehead atoms. The molecule has 1 unspecified atom stereocenters. The average Bonchev–Trinajstić information content (AvgIpc) is 3.49. The van der Waals surface area contributed by atoms with E-state index in [-0.39, 0.29) is 31.1 Å². The molecule has 0 aliphatic heterocycles. The summed E-state index contributed by atoms with van der Waals surface area (Å²) in [6.07, 6.45) is 101. The fraction of sp³-hybridized carbons (Fsp3) is 0.623. The normalized spacial score (nSPS) is 13.1. The van der Waals surface area contributed by atoms with Crippen molar-refractivity contribution < 1.29 is 28.6 Å². The minimum atomic E-state index is -0.811. The molecule has 468 valence electrons. The lowest BCUT2D eigenvalue weighted by Crippen LogP contribution is -2.30. The number of ether oxygens (including phenoxy) is 3. The zero-order valence-electron chi connectivity index (χ0n) is 53.7. The largest absolute Gasteiger partial charge is 0.462 e. The highest BCUT2D eigenvalue weighted by Gasteiger charge is 2.19. The highest BCUT2D eigenvalue weighted by molar-refractivity contribution is 5.71. The third kappa shape index (κ3) is 67.7. The van der Waals surface area contributed by atoms with Crippen LogP contribution < -0.4 is 0 Å². The quantitative estimate of drug-likeness (QED) is 0.0261. The van der Waals surface area contributed by atoms with Gasteiger partial charge in [-0.1, -0.05) is 281 Å². The van der Waals surface area contributed by atoms with Crippen molar-refractivity contribution in [2.45, 2.75) is 297 Å². The van der Waals surface area contributed by atoms with Crippen LogP contribution in [0.2, 0.25) is 0 Å². The van der Waals surface area contributed by atoms with Crippen molar-refractivity contribution in [3.63, 3.8) is 0 Å². The van der Waals surface area contributed by atoms with E-state index < -0.39 is 6.10 Å². The first-order chi connectivity index (χ1) is 41.0. The zero-order valence-corrected chi connectivity index (χ0v) is 53.7. The smallest absolute Gasteiger partial charge is 0.306 e. The van der Waals surface area contributed by atoms with E-state index in [4.69, 9.17) is 14.2 Å². The number of carbonyl (C=O) groups excluding carboxylic acids is 3. The molecule has 0 aliphatic rings. The van der Waals surface area contributed by atoms with E-state index in [0.29, 0.717) is 19.3 Å². The number of carbonyl (C=O) groups is 3. The Morgan fingerprint density at radius 1 is 0.253 bits per heavy atom. The Morgan fingerprint density at radius 3 is 0.747 bits per heavy atom. The summed E-state index contributed by atoms with van der Waals surface area (Å²) in [5.41, 5.74) is 0. The summed E-state index contributed by atoms with van der Waals surface area (Å²) in [5.74, 6) is -0.952. The second kappa shape index (κ2) is 69.5. The molecule has 0 rings (SSSR count). The number of hydrogen-bond donors (Lipinski definition) is 0. The van der Waals surface area contributed by atoms with E-state index in [0.717, 1.165) is 154 Å². The second-order valence-electron chi connectivity index (χ2n) is 22.0. The van der Waals surface area contributed by atoms with Gasteiger partial charge in [0.25, 0.3) is 0 Å². The molecule has 0 aromatic rings. The molecule has 0 aromatic heterocycles. The van der Waals surface area contributed by atoms with Crippen molar-refractivity contribution in [3.8, 4) is 0 Å². The van der Waals surface area contributed by atoms with Gasteiger partial charge in [0, 0.05) is 19.3 Å². The second-order valence-corrected chi connectivity index (χ2v) is 22.0. The van der Waals surface area contributed by atoms with Crippen LogP contribution in [0.5, 0.6) is 0 Å². The van der Waals surface area contributed by atoms with Gasteiger partial charge >= 0.3 is 17.9 Å². The van der Waals surface area contributed by atoms with E-state index in [1.165, 1.54) is 96.3 Å². The summed E-state index contributed by atoms with van der Waals surface area (Å²) in [7, 11) is 0. The summed E-state index contributed by atoms with van der Waals surface area (Å²) in [5, 5.41) is 0. The Morgan fingerprint density at radius 2 is 0.470 bits per heavy atom. The molecule has 0 aliphatic carbocycles. The van der Waals surface area contributed by atoms with Crippen LogP contribution in [0.4, 0.5) is 0 Å². The van der Waals surface area contributed by atoms with Crippen molar-refractivity contribution in [2.75, 3.05) is 13.2 Å². The van der Waals surface area contributed by atoms with Crippen molar-refractivity contribution >= 4 is 17.9 Å². The van der Waals surface area contributed by atoms with Gasteiger partial charge < -0.3 is 14.2 Å². The molecular weight excluding hydrogens is 1020 g/mol. The van der Waals surface area contributed by atoms with Crippen LogP contribution in [0.3, 0.4) is 0 Å². The summed E-state index contributed by atoms with van der Waals surface area (Å²) in [6, 6.07) is 0. The molecule has 0 amide bonds. The lowest BCUT2D eigenvalue weighted by molar-refractivity contribution is -0.167. The molecule has 0 fully saturated rings. The van der Waals surface area contributed by atoms with Gasteiger partial charge in [0.15, 0.2) is 6.10 Å². The molecular formula is C77H124O6. The highest BCUT2D eigenvalue weighted by Crippen LogP contribution is 2.15. The molecule has 0 spiro atoms. The SMILES string of the molecule is CC/C=C\C/C=C\C/C=C\C/C=C\C/C=C\C/C=C\C/C=C\CCCCCC(=O)OCC(COC(=O)CCCCCCCCC/C=C\C/C=C\C/C=C\CC)OC(=O)CCCCCCCCCC/C=C\C/C=C\C/C=C\CCCCCCC. The van der Waals surface area contributed by atoms with Gasteiger partial charge in [0.05, 0.1) is 0 Å². The standard InChI is InChI=1S/C77H124O6/c1-4-7-10-13-16-19-22-25-28-31-33-35-37-38-40-41-43-46-49-52-55-58-61-64-67-70-76(79)82-73-74(72-81-75(78)69-66-63-60-57-54-51-48-45-30-27-24-21-18-15-12-9-6-3)83-77(80)71-68-65-62-59-56-53-50-47-44-42-39-36-34-32-29-26-23-20-17-14-11-8-5-2/h7,9-10,12,16,18-19,21,23,25-28,30,32-35,38-40,42-43,46,52,55,74H,4-6,8,11,13-15,17,20,22,24,29,31,36-37,41,44-45,47-51,53-54,56-73H2,1-3H3/b10-7-,12-9-,19-16-,21-18-,26-23-,28-25-,30-27-,34-32-,35-33-,40-38-,42-39-,46-43-,55-52-. The Hall–Kier alpha value is -4.97. The lowest BCUT2D eigenvalue weighted by atomic mass is 10.1. The highest BCUT2D eigenvalue weighted by atomic mass is 16.6. The van der Waals surface area contributed by atoms with E-state index >= 15 is 0 Å². The molecule has 0 N–H and O–H groups in total. The fourth-order valence-electron chi connectivity index (χ4n) is 8.97. The Balaban J connectivity index is 4.50. The van der Waals surface area contributed by atoms with E-state index in [9.17, 15) is 14.4 Å². The van der Waals surface area contributed by atoms with Crippen LogP contribution in [0.15, 0.2) is 158 Å². The predicted octanol–water partition coefficient (Wildman–Crippen LogP) is 23.7. The van der Waals surface area contributed by atoms with Crippen LogP contribution in [-0.4, -0.2) is 37.2 Å². The van der Waals surface area contributed by atoms with Crippen molar-refractivity contribution in [3.05, 3.63) is 158 Å². The maximum absolute atomic E-state index is 13.0. The predicted molar refractivity (Wildman–Crippen MR) is 362 cm³/mol. The third-order valence-electron chi connectivity index (χ3n) is 14.0. The topological polar surface area (TPSA) is 78.9 Å². The molecule has 6 nitrogen and oxygen atoms in total. The minimum absolute atomic E-state index is 0.103. The summed E-state index contributed by atoms with van der Waals surface area (Å²) in [4.78, 5) is 38.4. The van der Waals surface area contributed by atoms with Gasteiger partial charge in [-0.2, -0.15) is 0 Å². The number of esters is 3. The molecule has 0 saturated heterocycles. The Labute approximate surface area is 511 Å². The summed E-state index contributed by atoms with van der Waals surface area (Å²) < 4.78 is 16.9. The average molecular weight is 1150 g/mol. The van der Waals surface area contributed by atoms with Gasteiger partial charge in [-0.3, -0.25) is 14.4 Å². The number of allylic oxidation sites excluding steroid dienone is 26. The van der Waals surface area contributed by atoms with Gasteiger partial charge in [0.2, 0.25) is 0 Å². The van der Waals surface area contributed by atoms with E-state index in [1.807, 2.05) is 0 Å². The van der Waals surface area contributed by atoms with Gasteiger partial charge in [0.1, 0.15) is 13.2 Å². The van der Waals surface area contributed by atoms with Gasteiger partial charge in [-0.15, -0.1) is 0 Å². The maximum atomic E-state index is 13.0. The van der Waals surface area contributed by atoms with E-state index in [1.54, 1.807) is 0 Å². The fourth-order valence-corrected chi connectivity index (χ4v) is 8.97. The van der Waals surface area contributed by atoms with Crippen molar-refractivity contribution in [1.82, 2.24) is 0 Å². The lowest BCUT2D eigenvalue weighted by Gasteiger charge is -2.18. The van der Waals surface area contributed by atoms with Gasteiger partial charge in [-0.05, 0) is 148 Å². The van der Waals surface area contributed by atoms with Crippen LogP contribution in [-0.2, 0) is 28.6 Å². The van der Waals surface area contributed by atoms with Crippen molar-refractivity contribution in [2.24, 2.45) is 0 Å². The molecule has 83 heavy (non-hydrogen) atoms. The minimum Gasteiger partial charge on any atom is -0.462 e. The van der Waals surface area contributed by atoms with Crippen LogP contribution >= 0.6 is 0 Å². The Bertz CT molecular complexity index is 1840. The monoisotopic (exact) mass is 1140 g/mol. The number of unbranched alkanes of at least 4 members (excludes halogenated alkanes) is 23. The molecule has 0 aromatic carbocycles. The van der Waals surface area contributed by atoms with Crippen LogP contribution in [0.1, 0.15) is 290 Å². The first kappa shape index (κ1) is 78.0. The van der Waals surface area contributed by atoms with Crippen LogP contribution in [0, 0.1) is 0 Å². The maximum Gasteiger partial charge on any atom is 0.306 e.